The third-order valence-corrected chi connectivity index (χ3v) is 3.55. The number of ether oxygens (including phenoxy) is 1. The Balaban J connectivity index is 2.26. The van der Waals surface area contributed by atoms with Crippen molar-refractivity contribution < 1.29 is 9.53 Å². The van der Waals surface area contributed by atoms with Crippen molar-refractivity contribution in [2.24, 2.45) is 4.99 Å². The second-order valence-corrected chi connectivity index (χ2v) is 5.22. The Bertz CT molecular complexity index is 509. The van der Waals surface area contributed by atoms with E-state index in [1.165, 1.54) is 0 Å². The highest BCUT2D eigenvalue weighted by Crippen LogP contribution is 2.42. The van der Waals surface area contributed by atoms with E-state index in [4.69, 9.17) is 4.74 Å². The number of aliphatic imine (C=N–C) groups is 1. The molecule has 0 saturated heterocycles. The van der Waals surface area contributed by atoms with Crippen LogP contribution in [-0.2, 0) is 10.3 Å². The summed E-state index contributed by atoms with van der Waals surface area (Å²) < 4.78 is 5.65. The Morgan fingerprint density at radius 1 is 1.47 bits per heavy atom. The van der Waals surface area contributed by atoms with Crippen LogP contribution in [-0.4, -0.2) is 12.7 Å². The fourth-order valence-corrected chi connectivity index (χ4v) is 2.59. The van der Waals surface area contributed by atoms with Crippen LogP contribution in [0.3, 0.4) is 0 Å². The van der Waals surface area contributed by atoms with Crippen LogP contribution in [0, 0.1) is 0 Å². The fraction of sp³-hybridized carbons (Fsp3) is 0.438. The van der Waals surface area contributed by atoms with Gasteiger partial charge in [-0.05, 0) is 43.0 Å². The predicted octanol–water partition coefficient (Wildman–Crippen LogP) is 3.75. The van der Waals surface area contributed by atoms with E-state index in [1.807, 2.05) is 31.2 Å². The molecule has 0 amide bonds. The molecule has 0 aliphatic heterocycles. The smallest absolute Gasteiger partial charge is 0.235 e. The summed E-state index contributed by atoms with van der Waals surface area (Å²) in [6.45, 7) is 6.26. The summed E-state index contributed by atoms with van der Waals surface area (Å²) in [6, 6.07) is 7.86. The molecule has 0 atom stereocenters. The molecule has 1 fully saturated rings. The van der Waals surface area contributed by atoms with E-state index in [1.54, 1.807) is 6.08 Å². The maximum Gasteiger partial charge on any atom is 0.235 e. The molecule has 0 spiro atoms. The van der Waals surface area contributed by atoms with E-state index in [0.717, 1.165) is 42.6 Å². The van der Waals surface area contributed by atoms with Gasteiger partial charge in [0.15, 0.2) is 0 Å². The minimum atomic E-state index is -0.385. The molecule has 0 N–H and O–H groups in total. The Morgan fingerprint density at radius 3 is 2.84 bits per heavy atom. The van der Waals surface area contributed by atoms with Gasteiger partial charge in [-0.2, -0.15) is 4.99 Å². The minimum Gasteiger partial charge on any atom is -0.489 e. The lowest BCUT2D eigenvalue weighted by Crippen LogP contribution is -2.18. The van der Waals surface area contributed by atoms with Gasteiger partial charge < -0.3 is 4.74 Å². The van der Waals surface area contributed by atoms with Crippen LogP contribution in [0.4, 0.5) is 0 Å². The normalized spacial score (nSPS) is 16.7. The zero-order valence-corrected chi connectivity index (χ0v) is 11.3. The van der Waals surface area contributed by atoms with Crippen molar-refractivity contribution in [1.29, 1.82) is 0 Å². The van der Waals surface area contributed by atoms with E-state index >= 15 is 0 Å². The number of hydrogen-bond acceptors (Lipinski definition) is 3. The lowest BCUT2D eigenvalue weighted by molar-refractivity contribution is 0.350. The molecule has 0 bridgehead atoms. The highest BCUT2D eigenvalue weighted by atomic mass is 16.5. The van der Waals surface area contributed by atoms with Crippen molar-refractivity contribution in [1.82, 2.24) is 0 Å². The Kier molecular flexibility index (Phi) is 4.18. The van der Waals surface area contributed by atoms with E-state index in [-0.39, 0.29) is 5.54 Å². The maximum absolute atomic E-state index is 10.7. The summed E-state index contributed by atoms with van der Waals surface area (Å²) in [4.78, 5) is 14.8. The number of benzene rings is 1. The topological polar surface area (TPSA) is 38.7 Å². The Morgan fingerprint density at radius 2 is 2.21 bits per heavy atom. The molecule has 100 valence electrons. The van der Waals surface area contributed by atoms with Gasteiger partial charge in [-0.1, -0.05) is 31.6 Å². The van der Waals surface area contributed by atoms with Crippen molar-refractivity contribution in [3.8, 4) is 5.75 Å². The van der Waals surface area contributed by atoms with Crippen LogP contribution in [0.1, 0.15) is 38.2 Å². The Labute approximate surface area is 114 Å². The number of nitrogens with zero attached hydrogens (tertiary/aromatic N) is 1. The molecule has 1 aromatic carbocycles. The van der Waals surface area contributed by atoms with Crippen LogP contribution < -0.4 is 4.74 Å². The van der Waals surface area contributed by atoms with E-state index in [2.05, 4.69) is 11.6 Å². The van der Waals surface area contributed by atoms with Gasteiger partial charge in [-0.25, -0.2) is 4.79 Å². The molecule has 3 nitrogen and oxygen atoms in total. The zero-order chi connectivity index (χ0) is 13.7. The van der Waals surface area contributed by atoms with Gasteiger partial charge in [0.1, 0.15) is 12.4 Å². The maximum atomic E-state index is 10.7. The van der Waals surface area contributed by atoms with Gasteiger partial charge in [0.05, 0.1) is 5.54 Å². The Hall–Kier alpha value is -1.86. The first-order chi connectivity index (χ1) is 9.16. The monoisotopic (exact) mass is 257 g/mol. The molecule has 19 heavy (non-hydrogen) atoms. The highest BCUT2D eigenvalue weighted by Gasteiger charge is 2.35. The molecule has 0 radical (unpaired) electrons. The third-order valence-electron chi connectivity index (χ3n) is 3.55. The van der Waals surface area contributed by atoms with Crippen LogP contribution >= 0.6 is 0 Å². The summed E-state index contributed by atoms with van der Waals surface area (Å²) >= 11 is 0. The van der Waals surface area contributed by atoms with E-state index < -0.39 is 0 Å². The second kappa shape index (κ2) is 5.85. The van der Waals surface area contributed by atoms with E-state index in [9.17, 15) is 4.79 Å². The molecule has 1 aliphatic rings. The van der Waals surface area contributed by atoms with Crippen molar-refractivity contribution in [3.63, 3.8) is 0 Å². The lowest BCUT2D eigenvalue weighted by Gasteiger charge is -2.23. The first-order valence-corrected chi connectivity index (χ1v) is 6.63. The minimum absolute atomic E-state index is 0.385. The summed E-state index contributed by atoms with van der Waals surface area (Å²) in [5.74, 6) is 0.799. The average molecular weight is 257 g/mol. The number of hydrogen-bond donors (Lipinski definition) is 0. The van der Waals surface area contributed by atoms with Gasteiger partial charge in [0.2, 0.25) is 6.08 Å². The molecule has 0 heterocycles. The first-order valence-electron chi connectivity index (χ1n) is 6.63. The quantitative estimate of drug-likeness (QED) is 0.458. The van der Waals surface area contributed by atoms with Crippen molar-refractivity contribution in [2.75, 3.05) is 6.61 Å². The summed E-state index contributed by atoms with van der Waals surface area (Å²) in [7, 11) is 0. The second-order valence-electron chi connectivity index (χ2n) is 5.22. The molecule has 3 heteroatoms. The lowest BCUT2D eigenvalue weighted by atomic mass is 9.89. The van der Waals surface area contributed by atoms with Gasteiger partial charge in [-0.15, -0.1) is 0 Å². The number of rotatable bonds is 5. The SMILES string of the molecule is C=C(C)COc1cccc(C2(N=C=O)CCCC2)c1. The summed E-state index contributed by atoms with van der Waals surface area (Å²) in [5.41, 5.74) is 1.64. The van der Waals surface area contributed by atoms with Gasteiger partial charge in [-0.3, -0.25) is 0 Å². The van der Waals surface area contributed by atoms with Crippen LogP contribution in [0.25, 0.3) is 0 Å². The first kappa shape index (κ1) is 13.6. The molecule has 0 unspecified atom stereocenters. The number of isocyanates is 1. The molecule has 1 aromatic rings. The highest BCUT2D eigenvalue weighted by molar-refractivity contribution is 5.41. The predicted molar refractivity (Wildman–Crippen MR) is 75.0 cm³/mol. The van der Waals surface area contributed by atoms with Crippen molar-refractivity contribution in [3.05, 3.63) is 42.0 Å². The standard InChI is InChI=1S/C16H19NO2/c1-13(2)11-19-15-7-5-6-14(10-15)16(17-12-18)8-3-4-9-16/h5-7,10H,1,3-4,8-9,11H2,2H3. The molecular weight excluding hydrogens is 238 g/mol. The average Bonchev–Trinajstić information content (AvgIpc) is 2.87. The molecule has 0 aromatic heterocycles. The number of carbonyl (C=O) groups excluding carboxylic acids is 1. The molecular formula is C16H19NO2. The van der Waals surface area contributed by atoms with Crippen LogP contribution in [0.5, 0.6) is 5.75 Å². The van der Waals surface area contributed by atoms with Gasteiger partial charge in [0, 0.05) is 0 Å². The summed E-state index contributed by atoms with van der Waals surface area (Å²) in [6.07, 6.45) is 5.76. The van der Waals surface area contributed by atoms with Crippen LogP contribution in [0.2, 0.25) is 0 Å². The molecule has 1 aliphatic carbocycles. The van der Waals surface area contributed by atoms with Gasteiger partial charge in [0.25, 0.3) is 0 Å². The van der Waals surface area contributed by atoms with Gasteiger partial charge >= 0.3 is 0 Å². The third kappa shape index (κ3) is 3.12. The molecule has 2 rings (SSSR count). The van der Waals surface area contributed by atoms with E-state index in [0.29, 0.717) is 6.61 Å². The van der Waals surface area contributed by atoms with Crippen molar-refractivity contribution in [2.45, 2.75) is 38.1 Å². The summed E-state index contributed by atoms with van der Waals surface area (Å²) in [5, 5.41) is 0. The van der Waals surface area contributed by atoms with Crippen molar-refractivity contribution >= 4 is 6.08 Å². The van der Waals surface area contributed by atoms with Crippen LogP contribution in [0.15, 0.2) is 41.4 Å². The fourth-order valence-electron chi connectivity index (χ4n) is 2.59. The largest absolute Gasteiger partial charge is 0.489 e. The zero-order valence-electron chi connectivity index (χ0n) is 11.3. The molecule has 1 saturated carbocycles.